The van der Waals surface area contributed by atoms with E-state index in [4.69, 9.17) is 10.1 Å². The standard InChI is InChI=1S/C23H28N4O3/c1-23(2)13-25-21(30)17-8-5-15(12-18(17)23)19-9-10-24-22(27-19)26-16-6-3-14(4-7-16)11-20(28)29/h5,8-10,12,14,16H,3-4,6-7,11,13H2,1-2H3,(H,25,30)(H,28,29)(H,24,26,27)/t14-,16-. The van der Waals surface area contributed by atoms with Gasteiger partial charge in [-0.2, -0.15) is 0 Å². The van der Waals surface area contributed by atoms with E-state index < -0.39 is 5.97 Å². The Morgan fingerprint density at radius 1 is 1.23 bits per heavy atom. The number of fused-ring (bicyclic) bond motifs is 1. The summed E-state index contributed by atoms with van der Waals surface area (Å²) in [5.41, 5.74) is 3.40. The SMILES string of the molecule is CC1(C)CNC(=O)c2ccc(-c3ccnc(N[C@H]4CC[C@H](CC(=O)O)CC4)n3)cc21. The van der Waals surface area contributed by atoms with E-state index in [-0.39, 0.29) is 29.7 Å². The molecule has 0 unspecified atom stereocenters. The largest absolute Gasteiger partial charge is 0.481 e. The summed E-state index contributed by atoms with van der Waals surface area (Å²) in [6.07, 6.45) is 5.67. The highest BCUT2D eigenvalue weighted by molar-refractivity contribution is 5.98. The van der Waals surface area contributed by atoms with E-state index in [2.05, 4.69) is 35.5 Å². The average molecular weight is 409 g/mol. The van der Waals surface area contributed by atoms with E-state index in [1.165, 1.54) is 0 Å². The highest BCUT2D eigenvalue weighted by Gasteiger charge is 2.31. The van der Waals surface area contributed by atoms with Gasteiger partial charge in [0.05, 0.1) is 5.69 Å². The number of carbonyl (C=O) groups is 2. The molecule has 1 aromatic heterocycles. The number of hydrogen-bond donors (Lipinski definition) is 3. The highest BCUT2D eigenvalue weighted by atomic mass is 16.4. The molecule has 0 spiro atoms. The molecule has 1 amide bonds. The third kappa shape index (κ3) is 4.30. The molecular formula is C23H28N4O3. The smallest absolute Gasteiger partial charge is 0.303 e. The molecule has 2 aliphatic rings. The van der Waals surface area contributed by atoms with Gasteiger partial charge in [0.1, 0.15) is 0 Å². The first-order valence-electron chi connectivity index (χ1n) is 10.6. The van der Waals surface area contributed by atoms with Gasteiger partial charge in [-0.25, -0.2) is 9.97 Å². The van der Waals surface area contributed by atoms with Crippen LogP contribution in [0, 0.1) is 5.92 Å². The molecule has 1 aliphatic heterocycles. The second-order valence-electron chi connectivity index (χ2n) is 9.05. The molecule has 7 nitrogen and oxygen atoms in total. The molecule has 1 aromatic carbocycles. The summed E-state index contributed by atoms with van der Waals surface area (Å²) >= 11 is 0. The fraction of sp³-hybridized carbons (Fsp3) is 0.478. The molecule has 7 heteroatoms. The van der Waals surface area contributed by atoms with Crippen LogP contribution in [0.5, 0.6) is 0 Å². The molecule has 0 bridgehead atoms. The maximum absolute atomic E-state index is 12.2. The van der Waals surface area contributed by atoms with Gasteiger partial charge in [-0.3, -0.25) is 9.59 Å². The van der Waals surface area contributed by atoms with Gasteiger partial charge in [-0.05, 0) is 55.4 Å². The van der Waals surface area contributed by atoms with E-state index in [1.54, 1.807) is 6.20 Å². The van der Waals surface area contributed by atoms with Crippen LogP contribution < -0.4 is 10.6 Å². The Hall–Kier alpha value is -2.96. The molecule has 0 radical (unpaired) electrons. The second-order valence-corrected chi connectivity index (χ2v) is 9.05. The zero-order valence-corrected chi connectivity index (χ0v) is 17.4. The molecule has 4 rings (SSSR count). The summed E-state index contributed by atoms with van der Waals surface area (Å²) in [7, 11) is 0. The maximum Gasteiger partial charge on any atom is 0.303 e. The average Bonchev–Trinajstić information content (AvgIpc) is 2.72. The topological polar surface area (TPSA) is 104 Å². The quantitative estimate of drug-likeness (QED) is 0.698. The molecule has 3 N–H and O–H groups in total. The second kappa shape index (κ2) is 8.05. The number of anilines is 1. The molecule has 2 heterocycles. The van der Waals surface area contributed by atoms with Crippen LogP contribution in [0.3, 0.4) is 0 Å². The van der Waals surface area contributed by atoms with Gasteiger partial charge < -0.3 is 15.7 Å². The molecule has 2 aromatic rings. The van der Waals surface area contributed by atoms with E-state index >= 15 is 0 Å². The van der Waals surface area contributed by atoms with Crippen LogP contribution >= 0.6 is 0 Å². The first kappa shape index (κ1) is 20.3. The Morgan fingerprint density at radius 2 is 2.00 bits per heavy atom. The Balaban J connectivity index is 1.49. The Kier molecular flexibility index (Phi) is 5.45. The van der Waals surface area contributed by atoms with Crippen molar-refractivity contribution < 1.29 is 14.7 Å². The van der Waals surface area contributed by atoms with Gasteiger partial charge in [0.15, 0.2) is 0 Å². The molecule has 0 atom stereocenters. The lowest BCUT2D eigenvalue weighted by atomic mass is 9.78. The van der Waals surface area contributed by atoms with Crippen LogP contribution in [0.2, 0.25) is 0 Å². The Bertz CT molecular complexity index is 965. The predicted octanol–water partition coefficient (Wildman–Crippen LogP) is 3.61. The lowest BCUT2D eigenvalue weighted by Gasteiger charge is -2.32. The van der Waals surface area contributed by atoms with E-state index in [0.29, 0.717) is 12.5 Å². The van der Waals surface area contributed by atoms with Crippen molar-refractivity contribution in [3.8, 4) is 11.3 Å². The minimum Gasteiger partial charge on any atom is -0.481 e. The van der Waals surface area contributed by atoms with E-state index in [9.17, 15) is 9.59 Å². The first-order chi connectivity index (χ1) is 14.3. The summed E-state index contributed by atoms with van der Waals surface area (Å²) in [4.78, 5) is 32.2. The molecule has 0 saturated heterocycles. The fourth-order valence-electron chi connectivity index (χ4n) is 4.48. The fourth-order valence-corrected chi connectivity index (χ4v) is 4.48. The van der Waals surface area contributed by atoms with Crippen molar-refractivity contribution in [2.24, 2.45) is 5.92 Å². The molecule has 1 saturated carbocycles. The number of carboxylic acid groups (broad SMARTS) is 1. The number of carboxylic acids is 1. The number of benzene rings is 1. The van der Waals surface area contributed by atoms with Crippen molar-refractivity contribution in [3.63, 3.8) is 0 Å². The highest BCUT2D eigenvalue weighted by Crippen LogP contribution is 2.33. The zero-order valence-electron chi connectivity index (χ0n) is 17.4. The van der Waals surface area contributed by atoms with Gasteiger partial charge >= 0.3 is 5.97 Å². The lowest BCUT2D eigenvalue weighted by Crippen LogP contribution is -2.43. The summed E-state index contributed by atoms with van der Waals surface area (Å²) in [5.74, 6) is 0.111. The van der Waals surface area contributed by atoms with Gasteiger partial charge in [0.25, 0.3) is 5.91 Å². The van der Waals surface area contributed by atoms with Crippen LogP contribution in [0.4, 0.5) is 5.95 Å². The van der Waals surface area contributed by atoms with Crippen molar-refractivity contribution in [1.82, 2.24) is 15.3 Å². The normalized spacial score (nSPS) is 22.7. The summed E-state index contributed by atoms with van der Waals surface area (Å²) < 4.78 is 0. The number of aromatic nitrogens is 2. The summed E-state index contributed by atoms with van der Waals surface area (Å²) in [6.45, 7) is 4.87. The third-order valence-electron chi connectivity index (χ3n) is 6.28. The van der Waals surface area contributed by atoms with Crippen LogP contribution in [0.25, 0.3) is 11.3 Å². The van der Waals surface area contributed by atoms with Gasteiger partial charge in [-0.15, -0.1) is 0 Å². The number of aliphatic carboxylic acids is 1. The Labute approximate surface area is 176 Å². The molecule has 1 aliphatic carbocycles. The minimum absolute atomic E-state index is 0.0283. The zero-order chi connectivity index (χ0) is 21.3. The number of rotatable bonds is 5. The molecule has 1 fully saturated rings. The number of nitrogens with zero attached hydrogens (tertiary/aromatic N) is 2. The lowest BCUT2D eigenvalue weighted by molar-refractivity contribution is -0.138. The predicted molar refractivity (Wildman–Crippen MR) is 114 cm³/mol. The summed E-state index contributed by atoms with van der Waals surface area (Å²) in [6, 6.07) is 8.02. The van der Waals surface area contributed by atoms with E-state index in [1.807, 2.05) is 18.2 Å². The first-order valence-corrected chi connectivity index (χ1v) is 10.6. The van der Waals surface area contributed by atoms with Crippen molar-refractivity contribution in [3.05, 3.63) is 41.6 Å². The van der Waals surface area contributed by atoms with Gasteiger partial charge in [0, 0.05) is 41.7 Å². The van der Waals surface area contributed by atoms with Crippen molar-refractivity contribution >= 4 is 17.8 Å². The van der Waals surface area contributed by atoms with Gasteiger partial charge in [-0.1, -0.05) is 19.9 Å². The van der Waals surface area contributed by atoms with Crippen LogP contribution in [0.15, 0.2) is 30.5 Å². The number of nitrogens with one attached hydrogen (secondary N) is 2. The monoisotopic (exact) mass is 408 g/mol. The van der Waals surface area contributed by atoms with Crippen molar-refractivity contribution in [2.45, 2.75) is 57.4 Å². The van der Waals surface area contributed by atoms with Gasteiger partial charge in [0.2, 0.25) is 5.95 Å². The molecule has 30 heavy (non-hydrogen) atoms. The minimum atomic E-state index is -0.715. The van der Waals surface area contributed by atoms with Crippen LogP contribution in [-0.2, 0) is 10.2 Å². The number of amides is 1. The molecular weight excluding hydrogens is 380 g/mol. The number of carbonyl (C=O) groups excluding carboxylic acids is 1. The number of hydrogen-bond acceptors (Lipinski definition) is 5. The maximum atomic E-state index is 12.2. The third-order valence-corrected chi connectivity index (χ3v) is 6.28. The van der Waals surface area contributed by atoms with Crippen molar-refractivity contribution in [1.29, 1.82) is 0 Å². The Morgan fingerprint density at radius 3 is 2.73 bits per heavy atom. The van der Waals surface area contributed by atoms with Crippen molar-refractivity contribution in [2.75, 3.05) is 11.9 Å². The summed E-state index contributed by atoms with van der Waals surface area (Å²) in [5, 5.41) is 15.3. The van der Waals surface area contributed by atoms with E-state index in [0.717, 1.165) is 48.1 Å². The van der Waals surface area contributed by atoms with Crippen LogP contribution in [0.1, 0.15) is 61.9 Å². The van der Waals surface area contributed by atoms with Crippen LogP contribution in [-0.4, -0.2) is 39.5 Å². The molecule has 158 valence electrons.